The first-order valence-corrected chi connectivity index (χ1v) is 7.95. The van der Waals surface area contributed by atoms with Crippen LogP contribution in [0.3, 0.4) is 0 Å². The van der Waals surface area contributed by atoms with Gasteiger partial charge in [0.05, 0.1) is 0 Å². The Morgan fingerprint density at radius 1 is 1.10 bits per heavy atom. The third-order valence-electron chi connectivity index (χ3n) is 2.69. The monoisotopic (exact) mass is 322 g/mol. The van der Waals surface area contributed by atoms with E-state index in [1.807, 2.05) is 6.92 Å². The van der Waals surface area contributed by atoms with Gasteiger partial charge in [0, 0.05) is 28.4 Å². The average Bonchev–Trinajstić information content (AvgIpc) is 2.48. The lowest BCUT2D eigenvalue weighted by Gasteiger charge is -2.11. The van der Waals surface area contributed by atoms with E-state index in [2.05, 4.69) is 10.6 Å². The van der Waals surface area contributed by atoms with Crippen LogP contribution >= 0.6 is 11.6 Å². The lowest BCUT2D eigenvalue weighted by atomic mass is 10.3. The number of nitrogens with one attached hydrogen (secondary N) is 2. The second-order valence-corrected chi connectivity index (χ2v) is 6.15. The second kappa shape index (κ2) is 7.36. The molecule has 2 aromatic rings. The van der Waals surface area contributed by atoms with Gasteiger partial charge in [-0.05, 0) is 55.5 Å². The number of halogens is 1. The Hall–Kier alpha value is -1.69. The number of hydrogen-bond acceptors (Lipinski definition) is 2. The molecule has 0 saturated carbocycles. The van der Waals surface area contributed by atoms with Gasteiger partial charge >= 0.3 is 6.03 Å². The highest BCUT2D eigenvalue weighted by molar-refractivity contribution is 7.91. The third kappa shape index (κ3) is 4.39. The zero-order valence-electron chi connectivity index (χ0n) is 11.4. The molecule has 0 saturated heterocycles. The van der Waals surface area contributed by atoms with Gasteiger partial charge in [0.25, 0.3) is 0 Å². The molecule has 4 nitrogen and oxygen atoms in total. The van der Waals surface area contributed by atoms with Gasteiger partial charge < -0.3 is 15.2 Å². The average molecular weight is 323 g/mol. The van der Waals surface area contributed by atoms with E-state index < -0.39 is 11.2 Å². The standard InChI is InChI=1S/C15H15ClN2O2S/c1-2-17-15(19)18-12-5-9-14(10-6-12)21(20)13-7-3-11(16)4-8-13/h3-10H,2H2,1H3,(H2,17,18,19). The summed E-state index contributed by atoms with van der Waals surface area (Å²) in [5.41, 5.74) is 0.651. The maximum atomic E-state index is 12.4. The molecule has 2 N–H and O–H groups in total. The predicted octanol–water partition coefficient (Wildman–Crippen LogP) is 3.65. The molecule has 0 aliphatic heterocycles. The molecule has 0 radical (unpaired) electrons. The molecule has 1 unspecified atom stereocenters. The quantitative estimate of drug-likeness (QED) is 0.844. The van der Waals surface area contributed by atoms with Gasteiger partial charge in [-0.3, -0.25) is 0 Å². The van der Waals surface area contributed by atoms with Crippen LogP contribution in [0.15, 0.2) is 58.3 Å². The Kier molecular flexibility index (Phi) is 5.50. The lowest BCUT2D eigenvalue weighted by Crippen LogP contribution is -2.28. The van der Waals surface area contributed by atoms with Gasteiger partial charge in [-0.15, -0.1) is 0 Å². The van der Waals surface area contributed by atoms with Crippen molar-refractivity contribution in [3.63, 3.8) is 0 Å². The van der Waals surface area contributed by atoms with Crippen LogP contribution in [-0.4, -0.2) is 17.1 Å². The van der Waals surface area contributed by atoms with Crippen LogP contribution in [0.5, 0.6) is 0 Å². The fourth-order valence-corrected chi connectivity index (χ4v) is 2.86. The summed E-state index contributed by atoms with van der Waals surface area (Å²) in [6.07, 6.45) is 0. The van der Waals surface area contributed by atoms with E-state index in [0.29, 0.717) is 27.0 Å². The zero-order chi connectivity index (χ0) is 15.2. The Morgan fingerprint density at radius 2 is 1.62 bits per heavy atom. The van der Waals surface area contributed by atoms with E-state index in [9.17, 15) is 9.35 Å². The van der Waals surface area contributed by atoms with Crippen LogP contribution in [0.25, 0.3) is 0 Å². The van der Waals surface area contributed by atoms with Gasteiger partial charge in [-0.2, -0.15) is 0 Å². The number of hydrogen-bond donors (Lipinski definition) is 2. The normalized spacial score (nSPS) is 11.8. The molecule has 0 spiro atoms. The lowest BCUT2D eigenvalue weighted by molar-refractivity contribution is 0.252. The van der Waals surface area contributed by atoms with Crippen LogP contribution in [-0.2, 0) is 11.2 Å². The van der Waals surface area contributed by atoms with E-state index >= 15 is 0 Å². The number of carbonyl (C=O) groups excluding carboxylic acids is 1. The van der Waals surface area contributed by atoms with Crippen molar-refractivity contribution in [2.75, 3.05) is 11.9 Å². The molecule has 2 aromatic carbocycles. The Morgan fingerprint density at radius 3 is 2.14 bits per heavy atom. The van der Waals surface area contributed by atoms with Crippen molar-refractivity contribution in [2.45, 2.75) is 16.7 Å². The fourth-order valence-electron chi connectivity index (χ4n) is 1.69. The summed E-state index contributed by atoms with van der Waals surface area (Å²) in [5, 5.41) is 5.94. The van der Waals surface area contributed by atoms with Crippen LogP contribution in [0.4, 0.5) is 10.5 Å². The highest BCUT2D eigenvalue weighted by atomic mass is 35.5. The predicted molar refractivity (Wildman–Crippen MR) is 85.3 cm³/mol. The molecule has 0 heterocycles. The van der Waals surface area contributed by atoms with Crippen LogP contribution in [0, 0.1) is 0 Å². The van der Waals surface area contributed by atoms with Crippen molar-refractivity contribution in [1.82, 2.24) is 5.32 Å². The minimum atomic E-state index is -1.27. The van der Waals surface area contributed by atoms with E-state index in [1.165, 1.54) is 0 Å². The molecule has 2 amide bonds. The topological polar surface area (TPSA) is 64.2 Å². The molecule has 21 heavy (non-hydrogen) atoms. The minimum absolute atomic E-state index is 0.260. The van der Waals surface area contributed by atoms with Crippen molar-refractivity contribution < 1.29 is 9.35 Å². The highest BCUT2D eigenvalue weighted by Crippen LogP contribution is 2.23. The molecule has 0 aliphatic carbocycles. The number of anilines is 1. The molecule has 0 fully saturated rings. The molecular weight excluding hydrogens is 308 g/mol. The van der Waals surface area contributed by atoms with E-state index in [1.54, 1.807) is 48.5 Å². The van der Waals surface area contributed by atoms with E-state index in [4.69, 9.17) is 11.6 Å². The van der Waals surface area contributed by atoms with Gasteiger partial charge in [-0.1, -0.05) is 11.6 Å². The molecule has 0 aromatic heterocycles. The van der Waals surface area contributed by atoms with Gasteiger partial charge in [0.2, 0.25) is 0 Å². The van der Waals surface area contributed by atoms with Crippen LogP contribution in [0.1, 0.15) is 6.92 Å². The van der Waals surface area contributed by atoms with Crippen LogP contribution in [0.2, 0.25) is 5.02 Å². The summed E-state index contributed by atoms with van der Waals surface area (Å²) in [4.78, 5) is 12.7. The SMILES string of the molecule is CCNC(=O)Nc1ccc([S+]([O-])c2ccc(Cl)cc2)cc1. The molecule has 2 rings (SSSR count). The van der Waals surface area contributed by atoms with Crippen molar-refractivity contribution in [3.05, 3.63) is 53.6 Å². The molecule has 1 atom stereocenters. The van der Waals surface area contributed by atoms with Crippen molar-refractivity contribution in [2.24, 2.45) is 0 Å². The summed E-state index contributed by atoms with van der Waals surface area (Å²) in [5.74, 6) is 0. The summed E-state index contributed by atoms with van der Waals surface area (Å²) in [7, 11) is 0. The van der Waals surface area contributed by atoms with Crippen LogP contribution < -0.4 is 10.6 Å². The summed E-state index contributed by atoms with van der Waals surface area (Å²) in [6.45, 7) is 2.41. The first-order chi connectivity index (χ1) is 10.1. The summed E-state index contributed by atoms with van der Waals surface area (Å²) >= 11 is 4.55. The number of urea groups is 1. The van der Waals surface area contributed by atoms with E-state index in [0.717, 1.165) is 0 Å². The fraction of sp³-hybridized carbons (Fsp3) is 0.133. The number of carbonyl (C=O) groups is 1. The number of amides is 2. The Labute approximate surface area is 131 Å². The third-order valence-corrected chi connectivity index (χ3v) is 4.34. The maximum Gasteiger partial charge on any atom is 0.319 e. The Balaban J connectivity index is 2.07. The second-order valence-electron chi connectivity index (χ2n) is 4.23. The maximum absolute atomic E-state index is 12.4. The molecule has 110 valence electrons. The van der Waals surface area contributed by atoms with Gasteiger partial charge in [0.15, 0.2) is 9.79 Å². The minimum Gasteiger partial charge on any atom is -0.606 e. The molecule has 6 heteroatoms. The van der Waals surface area contributed by atoms with Crippen molar-refractivity contribution >= 4 is 34.5 Å². The van der Waals surface area contributed by atoms with Crippen molar-refractivity contribution in [3.8, 4) is 0 Å². The van der Waals surface area contributed by atoms with E-state index in [-0.39, 0.29) is 6.03 Å². The first-order valence-electron chi connectivity index (χ1n) is 6.42. The summed E-state index contributed by atoms with van der Waals surface area (Å²) < 4.78 is 12.4. The molecular formula is C15H15ClN2O2S. The highest BCUT2D eigenvalue weighted by Gasteiger charge is 2.14. The summed E-state index contributed by atoms with van der Waals surface area (Å²) in [6, 6.07) is 13.5. The number of benzene rings is 2. The Bertz CT molecular complexity index is 602. The largest absolute Gasteiger partial charge is 0.606 e. The van der Waals surface area contributed by atoms with Crippen molar-refractivity contribution in [1.29, 1.82) is 0 Å². The first kappa shape index (κ1) is 15.7. The zero-order valence-corrected chi connectivity index (χ0v) is 13.0. The van der Waals surface area contributed by atoms with Gasteiger partial charge in [-0.25, -0.2) is 4.79 Å². The van der Waals surface area contributed by atoms with Gasteiger partial charge in [0.1, 0.15) is 0 Å². The molecule has 0 bridgehead atoms. The molecule has 0 aliphatic rings. The smallest absolute Gasteiger partial charge is 0.319 e. The number of rotatable bonds is 4.